The number of carboxylic acids is 1. The topological polar surface area (TPSA) is 72.9 Å². The van der Waals surface area contributed by atoms with Gasteiger partial charge in [-0.1, -0.05) is 11.6 Å². The van der Waals surface area contributed by atoms with Crippen LogP contribution in [-0.4, -0.2) is 54.7 Å². The fourth-order valence-electron chi connectivity index (χ4n) is 2.08. The van der Waals surface area contributed by atoms with E-state index in [0.717, 1.165) is 5.69 Å². The van der Waals surface area contributed by atoms with Crippen LogP contribution in [-0.2, 0) is 4.79 Å². The summed E-state index contributed by atoms with van der Waals surface area (Å²) in [5.74, 6) is -1.04. The Hall–Kier alpha value is -1.95. The highest BCUT2D eigenvalue weighted by molar-refractivity contribution is 6.30. The van der Waals surface area contributed by atoms with Crippen molar-refractivity contribution in [3.8, 4) is 0 Å². The first-order chi connectivity index (χ1) is 9.56. The lowest BCUT2D eigenvalue weighted by Crippen LogP contribution is -2.52. The van der Waals surface area contributed by atoms with E-state index in [1.807, 2.05) is 24.3 Å². The minimum Gasteiger partial charge on any atom is -0.480 e. The molecule has 1 heterocycles. The van der Waals surface area contributed by atoms with Crippen LogP contribution in [0, 0.1) is 0 Å². The Morgan fingerprint density at radius 1 is 1.15 bits per heavy atom. The SMILES string of the molecule is O=C(O)CNC(=O)N1CCN(c2ccc(Cl)cc2)CC1. The van der Waals surface area contributed by atoms with E-state index < -0.39 is 5.97 Å². The smallest absolute Gasteiger partial charge is 0.323 e. The summed E-state index contributed by atoms with van der Waals surface area (Å²) in [7, 11) is 0. The average Bonchev–Trinajstić information content (AvgIpc) is 2.46. The third-order valence-corrected chi connectivity index (χ3v) is 3.40. The summed E-state index contributed by atoms with van der Waals surface area (Å²) in [6, 6.07) is 7.24. The normalized spacial score (nSPS) is 15.1. The number of benzene rings is 1. The van der Waals surface area contributed by atoms with Gasteiger partial charge in [0, 0.05) is 36.9 Å². The maximum absolute atomic E-state index is 11.7. The lowest BCUT2D eigenvalue weighted by atomic mass is 10.2. The van der Waals surface area contributed by atoms with Crippen molar-refractivity contribution < 1.29 is 14.7 Å². The summed E-state index contributed by atoms with van der Waals surface area (Å²) in [5, 5.41) is 11.6. The van der Waals surface area contributed by atoms with E-state index in [2.05, 4.69) is 10.2 Å². The van der Waals surface area contributed by atoms with Gasteiger partial charge in [0.15, 0.2) is 0 Å². The Morgan fingerprint density at radius 2 is 1.75 bits per heavy atom. The van der Waals surface area contributed by atoms with Crippen LogP contribution in [0.25, 0.3) is 0 Å². The summed E-state index contributed by atoms with van der Waals surface area (Å²) in [6.45, 7) is 2.20. The molecule has 0 bridgehead atoms. The van der Waals surface area contributed by atoms with Crippen molar-refractivity contribution in [3.63, 3.8) is 0 Å². The molecule has 20 heavy (non-hydrogen) atoms. The van der Waals surface area contributed by atoms with Crippen LogP contribution < -0.4 is 10.2 Å². The van der Waals surface area contributed by atoms with Crippen LogP contribution in [0.4, 0.5) is 10.5 Å². The number of amides is 2. The van der Waals surface area contributed by atoms with E-state index in [4.69, 9.17) is 16.7 Å². The zero-order chi connectivity index (χ0) is 14.5. The lowest BCUT2D eigenvalue weighted by Gasteiger charge is -2.36. The number of urea groups is 1. The molecule has 7 heteroatoms. The van der Waals surface area contributed by atoms with Crippen LogP contribution in [0.5, 0.6) is 0 Å². The average molecular weight is 298 g/mol. The Labute approximate surface area is 121 Å². The number of carbonyl (C=O) groups is 2. The first kappa shape index (κ1) is 14.5. The van der Waals surface area contributed by atoms with Crippen LogP contribution in [0.15, 0.2) is 24.3 Å². The summed E-state index contributed by atoms with van der Waals surface area (Å²) < 4.78 is 0. The van der Waals surface area contributed by atoms with Gasteiger partial charge in [-0.2, -0.15) is 0 Å². The van der Waals surface area contributed by atoms with Gasteiger partial charge in [-0.15, -0.1) is 0 Å². The monoisotopic (exact) mass is 297 g/mol. The molecule has 1 aromatic carbocycles. The molecule has 1 aromatic rings. The van der Waals surface area contributed by atoms with Crippen LogP contribution in [0.1, 0.15) is 0 Å². The molecule has 2 N–H and O–H groups in total. The Balaban J connectivity index is 1.84. The van der Waals surface area contributed by atoms with E-state index in [0.29, 0.717) is 31.2 Å². The van der Waals surface area contributed by atoms with E-state index in [1.54, 1.807) is 4.90 Å². The molecule has 0 unspecified atom stereocenters. The molecule has 1 aliphatic heterocycles. The minimum absolute atomic E-state index is 0.330. The van der Waals surface area contributed by atoms with Crippen LogP contribution in [0.3, 0.4) is 0 Å². The highest BCUT2D eigenvalue weighted by Gasteiger charge is 2.21. The highest BCUT2D eigenvalue weighted by Crippen LogP contribution is 2.19. The molecule has 0 atom stereocenters. The van der Waals surface area contributed by atoms with Crippen molar-refractivity contribution in [1.82, 2.24) is 10.2 Å². The number of carboxylic acid groups (broad SMARTS) is 1. The zero-order valence-electron chi connectivity index (χ0n) is 10.9. The van der Waals surface area contributed by atoms with Gasteiger partial charge in [0.25, 0.3) is 0 Å². The molecule has 1 aliphatic rings. The molecule has 108 valence electrons. The molecule has 2 amide bonds. The van der Waals surface area contributed by atoms with Gasteiger partial charge in [0.1, 0.15) is 6.54 Å². The number of hydrogen-bond acceptors (Lipinski definition) is 3. The van der Waals surface area contributed by atoms with E-state index in [-0.39, 0.29) is 12.6 Å². The first-order valence-electron chi connectivity index (χ1n) is 6.31. The molecule has 0 aliphatic carbocycles. The predicted octanol–water partition coefficient (Wildman–Crippen LogP) is 1.26. The summed E-state index contributed by atoms with van der Waals surface area (Å²) in [5.41, 5.74) is 1.07. The number of aliphatic carboxylic acids is 1. The van der Waals surface area contributed by atoms with Crippen LogP contribution in [0.2, 0.25) is 5.02 Å². The van der Waals surface area contributed by atoms with Gasteiger partial charge in [-0.25, -0.2) is 4.79 Å². The van der Waals surface area contributed by atoms with E-state index in [9.17, 15) is 9.59 Å². The zero-order valence-corrected chi connectivity index (χ0v) is 11.6. The van der Waals surface area contributed by atoms with Gasteiger partial charge in [0.2, 0.25) is 0 Å². The number of anilines is 1. The largest absolute Gasteiger partial charge is 0.480 e. The molecule has 0 aromatic heterocycles. The number of carbonyl (C=O) groups excluding carboxylic acids is 1. The second kappa shape index (κ2) is 6.47. The Kier molecular flexibility index (Phi) is 4.68. The van der Waals surface area contributed by atoms with E-state index in [1.165, 1.54) is 0 Å². The molecule has 1 fully saturated rings. The maximum atomic E-state index is 11.7. The quantitative estimate of drug-likeness (QED) is 0.881. The minimum atomic E-state index is -1.04. The molecule has 1 saturated heterocycles. The van der Waals surface area contributed by atoms with Gasteiger partial charge in [0.05, 0.1) is 0 Å². The van der Waals surface area contributed by atoms with Crippen molar-refractivity contribution in [2.75, 3.05) is 37.6 Å². The molecule has 0 spiro atoms. The molecule has 0 saturated carbocycles. The van der Waals surface area contributed by atoms with Gasteiger partial charge in [-0.05, 0) is 24.3 Å². The fraction of sp³-hybridized carbons (Fsp3) is 0.385. The van der Waals surface area contributed by atoms with Crippen molar-refractivity contribution in [1.29, 1.82) is 0 Å². The Bertz CT molecular complexity index is 484. The van der Waals surface area contributed by atoms with Gasteiger partial charge in [-0.3, -0.25) is 4.79 Å². The number of halogens is 1. The number of hydrogen-bond donors (Lipinski definition) is 2. The molecule has 2 rings (SSSR count). The van der Waals surface area contributed by atoms with Crippen molar-refractivity contribution in [2.45, 2.75) is 0 Å². The number of rotatable bonds is 3. The molecule has 6 nitrogen and oxygen atoms in total. The Morgan fingerprint density at radius 3 is 2.30 bits per heavy atom. The van der Waals surface area contributed by atoms with Gasteiger partial charge < -0.3 is 20.2 Å². The lowest BCUT2D eigenvalue weighted by molar-refractivity contribution is -0.135. The molecular weight excluding hydrogens is 282 g/mol. The number of nitrogens with one attached hydrogen (secondary N) is 1. The molecular formula is C13H16ClN3O3. The maximum Gasteiger partial charge on any atom is 0.323 e. The standard InChI is InChI=1S/C13H16ClN3O3/c14-10-1-3-11(4-2-10)16-5-7-17(8-6-16)13(20)15-9-12(18)19/h1-4H,5-9H2,(H,15,20)(H,18,19). The molecule has 0 radical (unpaired) electrons. The third-order valence-electron chi connectivity index (χ3n) is 3.15. The highest BCUT2D eigenvalue weighted by atomic mass is 35.5. The van der Waals surface area contributed by atoms with Crippen molar-refractivity contribution in [2.24, 2.45) is 0 Å². The summed E-state index contributed by atoms with van der Waals surface area (Å²) in [6.07, 6.45) is 0. The second-order valence-corrected chi connectivity index (χ2v) is 4.94. The predicted molar refractivity (Wildman–Crippen MR) is 76.3 cm³/mol. The second-order valence-electron chi connectivity index (χ2n) is 4.50. The number of piperazine rings is 1. The summed E-state index contributed by atoms with van der Waals surface area (Å²) in [4.78, 5) is 25.9. The van der Waals surface area contributed by atoms with Crippen molar-refractivity contribution in [3.05, 3.63) is 29.3 Å². The third kappa shape index (κ3) is 3.77. The fourth-order valence-corrected chi connectivity index (χ4v) is 2.21. The summed E-state index contributed by atoms with van der Waals surface area (Å²) >= 11 is 5.85. The first-order valence-corrected chi connectivity index (χ1v) is 6.69. The van der Waals surface area contributed by atoms with Crippen LogP contribution >= 0.6 is 11.6 Å². The van der Waals surface area contributed by atoms with Crippen molar-refractivity contribution >= 4 is 29.3 Å². The number of nitrogens with zero attached hydrogens (tertiary/aromatic N) is 2. The van der Waals surface area contributed by atoms with E-state index >= 15 is 0 Å². The van der Waals surface area contributed by atoms with Gasteiger partial charge >= 0.3 is 12.0 Å².